The van der Waals surface area contributed by atoms with Crippen LogP contribution in [-0.4, -0.2) is 35.0 Å². The van der Waals surface area contributed by atoms with Crippen LogP contribution in [0, 0.1) is 36.5 Å². The Morgan fingerprint density at radius 1 is 0.520 bits per heavy atom. The van der Waals surface area contributed by atoms with Gasteiger partial charge in [-0.25, -0.2) is 9.98 Å². The monoisotopic (exact) mass is 961 g/mol. The number of hydrogen-bond donors (Lipinski definition) is 0. The number of hydrogen-bond acceptors (Lipinski definition) is 6. The van der Waals surface area contributed by atoms with E-state index in [4.69, 9.17) is 19.5 Å². The molecule has 2 aromatic heterocycles. The predicted molar refractivity (Wildman–Crippen MR) is 305 cm³/mol. The van der Waals surface area contributed by atoms with Gasteiger partial charge in [-0.05, 0) is 60.0 Å². The largest absolute Gasteiger partial charge is 0.437 e. The molecule has 0 aliphatic carbocycles. The van der Waals surface area contributed by atoms with E-state index in [-0.39, 0.29) is 22.9 Å². The molecule has 8 nitrogen and oxygen atoms in total. The third kappa shape index (κ3) is 7.71. The van der Waals surface area contributed by atoms with Crippen molar-refractivity contribution in [3.8, 4) is 34.9 Å². The van der Waals surface area contributed by atoms with Crippen molar-refractivity contribution in [3.63, 3.8) is 0 Å². The lowest BCUT2D eigenvalue weighted by molar-refractivity contribution is 0.560. The number of nitriles is 2. The summed E-state index contributed by atoms with van der Waals surface area (Å²) in [6.07, 6.45) is 0.397. The fraction of sp³-hybridized carbons (Fsp3) is 0.0462. The first-order valence-electron chi connectivity index (χ1n) is 25.0. The Hall–Kier alpha value is -9.89. The lowest BCUT2D eigenvalue weighted by Gasteiger charge is -2.24. The van der Waals surface area contributed by atoms with Crippen molar-refractivity contribution in [3.05, 3.63) is 245 Å². The highest BCUT2D eigenvalue weighted by molar-refractivity contribution is 6.84. The van der Waals surface area contributed by atoms with Gasteiger partial charge in [0.25, 0.3) is 7.41 Å². The van der Waals surface area contributed by atoms with E-state index in [2.05, 4.69) is 139 Å². The van der Waals surface area contributed by atoms with Gasteiger partial charge in [0.05, 0.1) is 32.8 Å². The molecule has 351 valence electrons. The molecule has 2 aliphatic heterocycles. The van der Waals surface area contributed by atoms with E-state index in [1.807, 2.05) is 115 Å². The van der Waals surface area contributed by atoms with Crippen LogP contribution in [0.25, 0.3) is 54.7 Å². The van der Waals surface area contributed by atoms with Crippen molar-refractivity contribution in [2.24, 2.45) is 9.98 Å². The number of aliphatic imine (C=N–C) groups is 2. The summed E-state index contributed by atoms with van der Waals surface area (Å²) in [4.78, 5) is 10.5. The van der Waals surface area contributed by atoms with Crippen LogP contribution in [0.5, 0.6) is 11.5 Å². The lowest BCUT2D eigenvalue weighted by atomic mass is 9.50. The highest BCUT2D eigenvalue weighted by atomic mass is 16.5. The number of fused-ring (bicyclic) bond motifs is 1. The van der Waals surface area contributed by atoms with E-state index in [0.717, 1.165) is 82.3 Å². The second-order valence-electron chi connectivity index (χ2n) is 19.0. The van der Waals surface area contributed by atoms with Crippen LogP contribution in [0.1, 0.15) is 22.4 Å². The van der Waals surface area contributed by atoms with Gasteiger partial charge in [-0.2, -0.15) is 10.5 Å². The zero-order chi connectivity index (χ0) is 50.6. The van der Waals surface area contributed by atoms with Crippen molar-refractivity contribution >= 4 is 97.3 Å². The van der Waals surface area contributed by atoms with Crippen LogP contribution in [0.4, 0.5) is 11.4 Å². The normalized spacial score (nSPS) is 13.2. The van der Waals surface area contributed by atoms with E-state index in [9.17, 15) is 10.5 Å². The molecule has 1 radical (unpaired) electrons. The van der Waals surface area contributed by atoms with E-state index in [1.54, 1.807) is 0 Å². The molecule has 2 aliphatic rings. The molecule has 0 saturated carbocycles. The third-order valence-corrected chi connectivity index (χ3v) is 14.4. The molecule has 0 fully saturated rings. The quantitative estimate of drug-likeness (QED) is 0.127. The second-order valence-corrected chi connectivity index (χ2v) is 19.0. The fourth-order valence-corrected chi connectivity index (χ4v) is 11.0. The van der Waals surface area contributed by atoms with Crippen LogP contribution in [0.15, 0.2) is 222 Å². The zero-order valence-electron chi connectivity index (χ0n) is 41.1. The van der Waals surface area contributed by atoms with Gasteiger partial charge < -0.3 is 18.4 Å². The summed E-state index contributed by atoms with van der Waals surface area (Å²) in [7, 11) is 2.09. The maximum atomic E-state index is 12.2. The average molecular weight is 962 g/mol. The summed E-state index contributed by atoms with van der Waals surface area (Å²) >= 11 is 0. The molecule has 11 aromatic rings. The molecule has 9 aromatic carbocycles. The van der Waals surface area contributed by atoms with Gasteiger partial charge in [-0.1, -0.05) is 210 Å². The second kappa shape index (κ2) is 18.6. The molecule has 0 amide bonds. The van der Waals surface area contributed by atoms with E-state index in [0.29, 0.717) is 40.0 Å². The van der Waals surface area contributed by atoms with Crippen LogP contribution in [-0.2, 0) is 6.42 Å². The zero-order valence-corrected chi connectivity index (χ0v) is 41.1. The van der Waals surface area contributed by atoms with Crippen molar-refractivity contribution in [1.82, 2.24) is 8.96 Å². The SMILES string of the molecule is Cc1ccc(Cc2c3/c(=C(\C#N)C4=Nc5cccc6cccc(c56)O4)n(B(c4ccccc4)c4ccccc4)c(-c4ccccc4C)c3/c(=C(\C#N)C3=Nc4cccc5cccc(c45)O3)n2[B]c2ccccc2)cc1. The minimum absolute atomic E-state index is 0.162. The Balaban J connectivity index is 1.31. The number of aryl methyl sites for hydroxylation is 2. The lowest BCUT2D eigenvalue weighted by Crippen LogP contribution is -2.53. The van der Waals surface area contributed by atoms with Gasteiger partial charge in [-0.3, -0.25) is 0 Å². The summed E-state index contributed by atoms with van der Waals surface area (Å²) < 4.78 is 18.3. The number of benzene rings is 9. The fourth-order valence-electron chi connectivity index (χ4n) is 11.0. The number of nitrogens with zero attached hydrogens (tertiary/aromatic N) is 6. The minimum Gasteiger partial charge on any atom is -0.437 e. The molecule has 0 atom stereocenters. The Morgan fingerprint density at radius 3 is 1.57 bits per heavy atom. The molecule has 0 saturated heterocycles. The highest BCUT2D eigenvalue weighted by Crippen LogP contribution is 2.41. The molecule has 0 spiro atoms. The first-order chi connectivity index (χ1) is 36.9. The van der Waals surface area contributed by atoms with Crippen LogP contribution < -0.4 is 36.6 Å². The summed E-state index contributed by atoms with van der Waals surface area (Å²) in [6.45, 7) is 3.67. The van der Waals surface area contributed by atoms with Gasteiger partial charge in [0.1, 0.15) is 34.8 Å². The average Bonchev–Trinajstić information content (AvgIpc) is 3.95. The summed E-state index contributed by atoms with van der Waals surface area (Å²) in [5.74, 6) is 1.54. The highest BCUT2D eigenvalue weighted by Gasteiger charge is 2.36. The first kappa shape index (κ1) is 45.0. The van der Waals surface area contributed by atoms with E-state index < -0.39 is 6.85 Å². The minimum atomic E-state index is -0.530. The molecule has 75 heavy (non-hydrogen) atoms. The van der Waals surface area contributed by atoms with Gasteiger partial charge in [-0.15, -0.1) is 0 Å². The maximum Gasteiger partial charge on any atom is 0.328 e. The summed E-state index contributed by atoms with van der Waals surface area (Å²) in [6, 6.07) is 77.1. The van der Waals surface area contributed by atoms with Gasteiger partial charge in [0, 0.05) is 34.1 Å². The molecular weight excluding hydrogens is 918 g/mol. The molecule has 4 heterocycles. The van der Waals surface area contributed by atoms with Crippen molar-refractivity contribution in [1.29, 1.82) is 10.5 Å². The Kier molecular flexibility index (Phi) is 11.2. The van der Waals surface area contributed by atoms with Crippen molar-refractivity contribution in [2.45, 2.75) is 20.3 Å². The molecule has 0 bridgehead atoms. The third-order valence-electron chi connectivity index (χ3n) is 14.4. The van der Waals surface area contributed by atoms with Crippen molar-refractivity contribution in [2.75, 3.05) is 0 Å². The molecule has 10 heteroatoms. The summed E-state index contributed by atoms with van der Waals surface area (Å²) in [5, 5.41) is 30.6. The van der Waals surface area contributed by atoms with Crippen LogP contribution >= 0.6 is 0 Å². The predicted octanol–water partition coefficient (Wildman–Crippen LogP) is 10.7. The molecule has 0 N–H and O–H groups in total. The van der Waals surface area contributed by atoms with Gasteiger partial charge in [0.2, 0.25) is 11.8 Å². The standard InChI is InChI=1S/C65H43B2N6O2/c1-41-34-36-43(37-35-41)38-54-59-60(61(72(54)66-46-23-6-3-7-24-46)50(39-68)64-70-52-30-14-19-44-21-16-32-55(74-64)57(44)52)62(49-29-13-12-18-42(49)2)73(67(47-25-8-4-9-26-47)48-27-10-5-11-28-48)63(59)51(40-69)65-71-53-31-15-20-45-22-17-33-56(75-65)58(45)53/h3-37H,38H2,1-2H3/b61-50-,63-51-. The maximum absolute atomic E-state index is 12.2. The smallest absolute Gasteiger partial charge is 0.328 e. The van der Waals surface area contributed by atoms with Crippen molar-refractivity contribution < 1.29 is 9.47 Å². The summed E-state index contributed by atoms with van der Waals surface area (Å²) in [5.41, 5.74) is 10.4. The molecule has 13 rings (SSSR count). The molecular formula is C65H43B2N6O2. The number of rotatable bonds is 10. The van der Waals surface area contributed by atoms with E-state index in [1.165, 1.54) is 0 Å². The Bertz CT molecular complexity index is 4350. The Labute approximate surface area is 434 Å². The van der Waals surface area contributed by atoms with E-state index >= 15 is 0 Å². The Morgan fingerprint density at radius 2 is 1.03 bits per heavy atom. The molecule has 0 unspecified atom stereocenters. The van der Waals surface area contributed by atoms with Crippen LogP contribution in [0.2, 0.25) is 0 Å². The number of ether oxygens (including phenoxy) is 2. The van der Waals surface area contributed by atoms with Gasteiger partial charge in [0.15, 0.2) is 0 Å². The van der Waals surface area contributed by atoms with Crippen LogP contribution in [0.3, 0.4) is 0 Å². The topological polar surface area (TPSA) is 101 Å². The van der Waals surface area contributed by atoms with Gasteiger partial charge >= 0.3 is 6.85 Å². The first-order valence-corrected chi connectivity index (χ1v) is 25.0. The number of aromatic nitrogens is 2.